The van der Waals surface area contributed by atoms with E-state index in [9.17, 15) is 14.7 Å². The summed E-state index contributed by atoms with van der Waals surface area (Å²) < 4.78 is 5.18. The number of nitrogens with one attached hydrogen (secondary N) is 1. The first-order valence-electron chi connectivity index (χ1n) is 5.83. The fourth-order valence-corrected chi connectivity index (χ4v) is 1.67. The second kappa shape index (κ2) is 5.68. The number of carboxylic acids is 1. The third kappa shape index (κ3) is 2.70. The van der Waals surface area contributed by atoms with Gasteiger partial charge in [-0.05, 0) is 25.0 Å². The molecule has 0 bridgehead atoms. The van der Waals surface area contributed by atoms with E-state index < -0.39 is 17.4 Å². The van der Waals surface area contributed by atoms with E-state index in [1.165, 1.54) is 6.07 Å². The number of rotatable bonds is 6. The third-order valence-corrected chi connectivity index (χ3v) is 3.06. The Kier molecular flexibility index (Phi) is 4.49. The molecule has 1 aromatic rings. The molecule has 1 amide bonds. The van der Waals surface area contributed by atoms with E-state index in [4.69, 9.17) is 10.2 Å². The minimum absolute atomic E-state index is 0.0722. The van der Waals surface area contributed by atoms with Gasteiger partial charge in [0.25, 0.3) is 5.91 Å². The number of amides is 1. The normalized spacial score (nSPS) is 11.3. The van der Waals surface area contributed by atoms with Crippen molar-refractivity contribution in [2.24, 2.45) is 5.73 Å². The molecule has 0 aliphatic heterocycles. The van der Waals surface area contributed by atoms with Crippen LogP contribution < -0.4 is 11.1 Å². The summed E-state index contributed by atoms with van der Waals surface area (Å²) in [4.78, 5) is 23.1. The summed E-state index contributed by atoms with van der Waals surface area (Å²) in [7, 11) is 0. The molecule has 0 radical (unpaired) electrons. The minimum atomic E-state index is -1.26. The summed E-state index contributed by atoms with van der Waals surface area (Å²) in [6.45, 7) is 3.62. The number of aliphatic carboxylic acids is 1. The number of hydrogen-bond acceptors (Lipinski definition) is 4. The fourth-order valence-electron chi connectivity index (χ4n) is 1.67. The quantitative estimate of drug-likeness (QED) is 0.705. The van der Waals surface area contributed by atoms with Gasteiger partial charge in [-0.1, -0.05) is 13.8 Å². The summed E-state index contributed by atoms with van der Waals surface area (Å²) in [5.41, 5.74) is 4.11. The van der Waals surface area contributed by atoms with Crippen LogP contribution in [0.1, 0.15) is 43.0 Å². The topological polar surface area (TPSA) is 106 Å². The van der Waals surface area contributed by atoms with Crippen LogP contribution in [0, 0.1) is 0 Å². The Bertz CT molecular complexity index is 435. The number of nitrogens with two attached hydrogens (primary N) is 1. The molecule has 0 aliphatic carbocycles. The maximum absolute atomic E-state index is 11.9. The zero-order valence-corrected chi connectivity index (χ0v) is 10.5. The number of furan rings is 1. The maximum atomic E-state index is 11.9. The monoisotopic (exact) mass is 254 g/mol. The van der Waals surface area contributed by atoms with Crippen molar-refractivity contribution in [2.45, 2.75) is 38.8 Å². The molecule has 1 aromatic heterocycles. The zero-order chi connectivity index (χ0) is 13.8. The Balaban J connectivity index is 2.88. The Labute approximate surface area is 105 Å². The summed E-state index contributed by atoms with van der Waals surface area (Å²) in [6, 6.07) is 3.07. The molecule has 1 heterocycles. The number of carbonyl (C=O) groups is 2. The van der Waals surface area contributed by atoms with Crippen LogP contribution >= 0.6 is 0 Å². The largest absolute Gasteiger partial charge is 0.480 e. The Morgan fingerprint density at radius 3 is 2.39 bits per heavy atom. The van der Waals surface area contributed by atoms with E-state index in [1.807, 2.05) is 0 Å². The molecule has 6 heteroatoms. The predicted molar refractivity (Wildman–Crippen MR) is 65.0 cm³/mol. The second-order valence-electron chi connectivity index (χ2n) is 4.02. The highest BCUT2D eigenvalue weighted by molar-refractivity contribution is 5.95. The molecule has 0 spiro atoms. The molecule has 0 saturated carbocycles. The van der Waals surface area contributed by atoms with Gasteiger partial charge in [0, 0.05) is 0 Å². The van der Waals surface area contributed by atoms with Crippen molar-refractivity contribution in [1.29, 1.82) is 0 Å². The third-order valence-electron chi connectivity index (χ3n) is 3.06. The van der Waals surface area contributed by atoms with E-state index >= 15 is 0 Å². The van der Waals surface area contributed by atoms with Crippen molar-refractivity contribution >= 4 is 11.9 Å². The van der Waals surface area contributed by atoms with Crippen LogP contribution in [0.2, 0.25) is 0 Å². The van der Waals surface area contributed by atoms with Crippen LogP contribution in [-0.2, 0) is 11.3 Å². The van der Waals surface area contributed by atoms with E-state index in [-0.39, 0.29) is 12.3 Å². The lowest BCUT2D eigenvalue weighted by Crippen LogP contribution is -2.53. The summed E-state index contributed by atoms with van der Waals surface area (Å²) in [5, 5.41) is 11.7. The van der Waals surface area contributed by atoms with Crippen molar-refractivity contribution in [3.63, 3.8) is 0 Å². The van der Waals surface area contributed by atoms with Crippen LogP contribution in [0.3, 0.4) is 0 Å². The van der Waals surface area contributed by atoms with E-state index in [0.717, 1.165) is 0 Å². The predicted octanol–water partition coefficient (Wildman–Crippen LogP) is 1.11. The molecule has 0 aromatic carbocycles. The molecular weight excluding hydrogens is 236 g/mol. The van der Waals surface area contributed by atoms with Gasteiger partial charge in [-0.2, -0.15) is 0 Å². The SMILES string of the molecule is CCC(CC)(NC(=O)c1ccc(CN)o1)C(=O)O. The highest BCUT2D eigenvalue weighted by atomic mass is 16.4. The van der Waals surface area contributed by atoms with Gasteiger partial charge in [-0.15, -0.1) is 0 Å². The first kappa shape index (κ1) is 14.2. The molecule has 0 unspecified atom stereocenters. The van der Waals surface area contributed by atoms with Crippen molar-refractivity contribution in [1.82, 2.24) is 5.32 Å². The highest BCUT2D eigenvalue weighted by Gasteiger charge is 2.37. The van der Waals surface area contributed by atoms with Gasteiger partial charge in [-0.3, -0.25) is 4.79 Å². The van der Waals surface area contributed by atoms with Crippen LogP contribution in [0.5, 0.6) is 0 Å². The first-order chi connectivity index (χ1) is 8.49. The number of carboxylic acid groups (broad SMARTS) is 1. The van der Waals surface area contributed by atoms with Crippen LogP contribution in [0.25, 0.3) is 0 Å². The molecule has 0 aliphatic rings. The van der Waals surface area contributed by atoms with Crippen molar-refractivity contribution in [2.75, 3.05) is 0 Å². The van der Waals surface area contributed by atoms with Crippen LogP contribution in [-0.4, -0.2) is 22.5 Å². The summed E-state index contributed by atoms with van der Waals surface area (Å²) in [6.07, 6.45) is 0.601. The van der Waals surface area contributed by atoms with Gasteiger partial charge < -0.3 is 20.6 Å². The molecule has 18 heavy (non-hydrogen) atoms. The number of hydrogen-bond donors (Lipinski definition) is 3. The Morgan fingerprint density at radius 2 is 2.00 bits per heavy atom. The van der Waals surface area contributed by atoms with E-state index in [0.29, 0.717) is 18.6 Å². The summed E-state index contributed by atoms with van der Waals surface area (Å²) >= 11 is 0. The molecule has 4 N–H and O–H groups in total. The Hall–Kier alpha value is -1.82. The minimum Gasteiger partial charge on any atom is -0.480 e. The van der Waals surface area contributed by atoms with Gasteiger partial charge in [0.15, 0.2) is 5.76 Å². The Morgan fingerprint density at radius 1 is 1.39 bits per heavy atom. The van der Waals surface area contributed by atoms with Crippen molar-refractivity contribution in [3.05, 3.63) is 23.7 Å². The highest BCUT2D eigenvalue weighted by Crippen LogP contribution is 2.17. The first-order valence-corrected chi connectivity index (χ1v) is 5.83. The van der Waals surface area contributed by atoms with Gasteiger partial charge in [-0.25, -0.2) is 4.79 Å². The van der Waals surface area contributed by atoms with Crippen molar-refractivity contribution in [3.8, 4) is 0 Å². The van der Waals surface area contributed by atoms with E-state index in [2.05, 4.69) is 5.32 Å². The van der Waals surface area contributed by atoms with Crippen LogP contribution in [0.4, 0.5) is 0 Å². The molecule has 6 nitrogen and oxygen atoms in total. The second-order valence-corrected chi connectivity index (χ2v) is 4.02. The lowest BCUT2D eigenvalue weighted by molar-refractivity contribution is -0.144. The smallest absolute Gasteiger partial charge is 0.329 e. The van der Waals surface area contributed by atoms with Crippen molar-refractivity contribution < 1.29 is 19.1 Å². The number of carbonyl (C=O) groups excluding carboxylic acids is 1. The van der Waals surface area contributed by atoms with Gasteiger partial charge in [0.05, 0.1) is 6.54 Å². The molecule has 0 fully saturated rings. The molecule has 0 saturated heterocycles. The fraction of sp³-hybridized carbons (Fsp3) is 0.500. The standard InChI is InChI=1S/C12H18N2O4/c1-3-12(4-2,11(16)17)14-10(15)9-6-5-8(7-13)18-9/h5-6H,3-4,7,13H2,1-2H3,(H,14,15)(H,16,17). The zero-order valence-electron chi connectivity index (χ0n) is 10.5. The molecular formula is C12H18N2O4. The van der Waals surface area contributed by atoms with Crippen LogP contribution in [0.15, 0.2) is 16.5 Å². The average Bonchev–Trinajstić information content (AvgIpc) is 2.84. The maximum Gasteiger partial charge on any atom is 0.329 e. The van der Waals surface area contributed by atoms with Gasteiger partial charge in [0.2, 0.25) is 0 Å². The molecule has 100 valence electrons. The molecule has 0 atom stereocenters. The van der Waals surface area contributed by atoms with Gasteiger partial charge >= 0.3 is 5.97 Å². The lowest BCUT2D eigenvalue weighted by atomic mass is 9.93. The summed E-state index contributed by atoms with van der Waals surface area (Å²) in [5.74, 6) is -1.04. The van der Waals surface area contributed by atoms with E-state index in [1.54, 1.807) is 19.9 Å². The lowest BCUT2D eigenvalue weighted by Gasteiger charge is -2.27. The average molecular weight is 254 g/mol. The van der Waals surface area contributed by atoms with Gasteiger partial charge in [0.1, 0.15) is 11.3 Å². The molecule has 1 rings (SSSR count).